The standard InChI is InChI=1S/C8H18N2S3/c1-2-9(13-10(11)12)8-6-4-3-5-7-8/h8,11-12H,2-7H2,1H3. The molecule has 0 bridgehead atoms. The maximum absolute atomic E-state index is 4.13. The lowest BCUT2D eigenvalue weighted by molar-refractivity contribution is 0.279. The van der Waals surface area contributed by atoms with Gasteiger partial charge in [0.1, 0.15) is 0 Å². The van der Waals surface area contributed by atoms with Gasteiger partial charge in [0.05, 0.1) is 0 Å². The third-order valence-electron chi connectivity index (χ3n) is 2.47. The second kappa shape index (κ2) is 6.45. The van der Waals surface area contributed by atoms with Crippen LogP contribution in [0.4, 0.5) is 0 Å². The van der Waals surface area contributed by atoms with Gasteiger partial charge < -0.3 is 0 Å². The molecule has 0 unspecified atom stereocenters. The molecule has 1 rings (SSSR count). The van der Waals surface area contributed by atoms with Crippen molar-refractivity contribution < 1.29 is 0 Å². The highest BCUT2D eigenvalue weighted by molar-refractivity contribution is 8.14. The van der Waals surface area contributed by atoms with Crippen molar-refractivity contribution in [1.29, 1.82) is 0 Å². The molecule has 0 atom stereocenters. The topological polar surface area (TPSA) is 6.48 Å². The van der Waals surface area contributed by atoms with Crippen LogP contribution in [0.5, 0.6) is 0 Å². The highest BCUT2D eigenvalue weighted by atomic mass is 32.3. The lowest BCUT2D eigenvalue weighted by Gasteiger charge is -2.32. The molecule has 1 saturated carbocycles. The largest absolute Gasteiger partial charge is 0.233 e. The fourth-order valence-corrected chi connectivity index (χ4v) is 3.06. The minimum Gasteiger partial charge on any atom is -0.233 e. The smallest absolute Gasteiger partial charge is 0.0311 e. The Morgan fingerprint density at radius 1 is 1.23 bits per heavy atom. The van der Waals surface area contributed by atoms with Crippen LogP contribution in [0.25, 0.3) is 0 Å². The summed E-state index contributed by atoms with van der Waals surface area (Å²) in [5.74, 6) is 0. The number of rotatable bonds is 4. The van der Waals surface area contributed by atoms with Crippen LogP contribution in [0.3, 0.4) is 0 Å². The number of hydrogen-bond acceptors (Lipinski definition) is 5. The first-order valence-corrected chi connectivity index (χ1v) is 6.39. The normalized spacial score (nSPS) is 20.1. The van der Waals surface area contributed by atoms with Crippen LogP contribution in [0.2, 0.25) is 0 Å². The molecule has 0 radical (unpaired) electrons. The van der Waals surface area contributed by atoms with E-state index in [1.165, 1.54) is 32.1 Å². The van der Waals surface area contributed by atoms with Crippen molar-refractivity contribution in [2.24, 2.45) is 0 Å². The zero-order valence-corrected chi connectivity index (χ0v) is 10.6. The molecule has 2 nitrogen and oxygen atoms in total. The van der Waals surface area contributed by atoms with Gasteiger partial charge in [-0.25, -0.2) is 4.31 Å². The molecule has 1 aliphatic carbocycles. The Labute approximate surface area is 96.8 Å². The number of hydrogen-bond donors (Lipinski definition) is 2. The molecule has 1 fully saturated rings. The van der Waals surface area contributed by atoms with E-state index in [1.54, 1.807) is 15.2 Å². The highest BCUT2D eigenvalue weighted by Crippen LogP contribution is 2.30. The second-order valence-corrected chi connectivity index (χ2v) is 6.01. The molecule has 5 heteroatoms. The van der Waals surface area contributed by atoms with Crippen LogP contribution in [-0.4, -0.2) is 20.0 Å². The molecule has 0 amide bonds. The SMILES string of the molecule is CCN(SN(S)S)C1CCCCC1. The quantitative estimate of drug-likeness (QED) is 0.574. The van der Waals surface area contributed by atoms with Crippen LogP contribution >= 0.6 is 37.8 Å². The van der Waals surface area contributed by atoms with Gasteiger partial charge in [0.25, 0.3) is 0 Å². The summed E-state index contributed by atoms with van der Waals surface area (Å²) in [4.78, 5) is 0. The van der Waals surface area contributed by atoms with E-state index >= 15 is 0 Å². The van der Waals surface area contributed by atoms with Gasteiger partial charge in [0, 0.05) is 24.7 Å². The van der Waals surface area contributed by atoms with E-state index in [1.807, 2.05) is 0 Å². The maximum atomic E-state index is 4.13. The molecule has 1 aliphatic rings. The van der Waals surface area contributed by atoms with E-state index in [9.17, 15) is 0 Å². The molecule has 13 heavy (non-hydrogen) atoms. The van der Waals surface area contributed by atoms with Crippen molar-refractivity contribution in [3.63, 3.8) is 0 Å². The molecule has 0 aromatic carbocycles. The van der Waals surface area contributed by atoms with Crippen LogP contribution in [0.15, 0.2) is 0 Å². The predicted octanol–water partition coefficient (Wildman–Crippen LogP) is 3.20. The summed E-state index contributed by atoms with van der Waals surface area (Å²) in [5, 5.41) is 0. The van der Waals surface area contributed by atoms with Gasteiger partial charge in [-0.1, -0.05) is 51.8 Å². The van der Waals surface area contributed by atoms with Crippen molar-refractivity contribution in [1.82, 2.24) is 7.42 Å². The molecule has 0 spiro atoms. The van der Waals surface area contributed by atoms with E-state index in [4.69, 9.17) is 0 Å². The highest BCUT2D eigenvalue weighted by Gasteiger charge is 2.21. The molecule has 0 aromatic heterocycles. The van der Waals surface area contributed by atoms with Gasteiger partial charge in [-0.15, -0.1) is 3.12 Å². The molecular weight excluding hydrogens is 220 g/mol. The van der Waals surface area contributed by atoms with E-state index in [2.05, 4.69) is 36.9 Å². The molecule has 78 valence electrons. The Hall–Kier alpha value is 0.970. The average Bonchev–Trinajstić information content (AvgIpc) is 2.15. The third-order valence-corrected chi connectivity index (χ3v) is 3.82. The zero-order valence-electron chi connectivity index (χ0n) is 8.02. The Kier molecular flexibility index (Phi) is 5.98. The molecular formula is C8H18N2S3. The zero-order chi connectivity index (χ0) is 9.68. The summed E-state index contributed by atoms with van der Waals surface area (Å²) in [7, 11) is 0. The van der Waals surface area contributed by atoms with Gasteiger partial charge in [-0.2, -0.15) is 0 Å². The maximum Gasteiger partial charge on any atom is 0.0311 e. The summed E-state index contributed by atoms with van der Waals surface area (Å²) >= 11 is 9.86. The van der Waals surface area contributed by atoms with Crippen molar-refractivity contribution in [3.05, 3.63) is 0 Å². The van der Waals surface area contributed by atoms with E-state index in [0.29, 0.717) is 0 Å². The Balaban J connectivity index is 2.34. The molecule has 0 N–H and O–H groups in total. The van der Waals surface area contributed by atoms with Gasteiger partial charge in [-0.05, 0) is 12.8 Å². The number of thiol groups is 2. The van der Waals surface area contributed by atoms with Gasteiger partial charge in [0.15, 0.2) is 0 Å². The Morgan fingerprint density at radius 2 is 1.85 bits per heavy atom. The van der Waals surface area contributed by atoms with Crippen LogP contribution < -0.4 is 0 Å². The molecule has 0 heterocycles. The molecule has 0 aliphatic heterocycles. The van der Waals surface area contributed by atoms with E-state index in [-0.39, 0.29) is 0 Å². The summed E-state index contributed by atoms with van der Waals surface area (Å²) in [6.07, 6.45) is 6.82. The summed E-state index contributed by atoms with van der Waals surface area (Å²) < 4.78 is 3.96. The lowest BCUT2D eigenvalue weighted by Crippen LogP contribution is -2.32. The fourth-order valence-electron chi connectivity index (χ4n) is 1.85. The van der Waals surface area contributed by atoms with Crippen LogP contribution in [0.1, 0.15) is 39.0 Å². The fraction of sp³-hybridized carbons (Fsp3) is 1.00. The third kappa shape index (κ3) is 4.34. The van der Waals surface area contributed by atoms with Crippen molar-refractivity contribution in [2.75, 3.05) is 6.54 Å². The van der Waals surface area contributed by atoms with Crippen LogP contribution in [0, 0.1) is 0 Å². The average molecular weight is 238 g/mol. The van der Waals surface area contributed by atoms with Gasteiger partial charge in [-0.3, -0.25) is 0 Å². The van der Waals surface area contributed by atoms with Crippen LogP contribution in [-0.2, 0) is 0 Å². The lowest BCUT2D eigenvalue weighted by atomic mass is 9.95. The van der Waals surface area contributed by atoms with E-state index in [0.717, 1.165) is 12.6 Å². The predicted molar refractivity (Wildman–Crippen MR) is 66.7 cm³/mol. The second-order valence-electron chi connectivity index (χ2n) is 3.36. The minimum absolute atomic E-state index is 0.727. The molecule has 0 aromatic rings. The van der Waals surface area contributed by atoms with Crippen molar-refractivity contribution >= 4 is 37.8 Å². The van der Waals surface area contributed by atoms with Crippen molar-refractivity contribution in [2.45, 2.75) is 45.1 Å². The summed E-state index contributed by atoms with van der Waals surface area (Å²) in [6, 6.07) is 0.727. The van der Waals surface area contributed by atoms with Crippen molar-refractivity contribution in [3.8, 4) is 0 Å². The first-order chi connectivity index (χ1) is 6.24. The Morgan fingerprint density at radius 3 is 2.31 bits per heavy atom. The minimum atomic E-state index is 0.727. The van der Waals surface area contributed by atoms with Gasteiger partial charge in [0.2, 0.25) is 0 Å². The first kappa shape index (κ1) is 12.0. The van der Waals surface area contributed by atoms with E-state index < -0.39 is 0 Å². The summed E-state index contributed by atoms with van der Waals surface area (Å²) in [5.41, 5.74) is 0. The first-order valence-electron chi connectivity index (χ1n) is 4.86. The monoisotopic (exact) mass is 238 g/mol. The summed E-state index contributed by atoms with van der Waals surface area (Å²) in [6.45, 7) is 3.25. The Bertz CT molecular complexity index is 137. The molecule has 0 saturated heterocycles. The van der Waals surface area contributed by atoms with Gasteiger partial charge >= 0.3 is 0 Å². The number of nitrogens with zero attached hydrogens (tertiary/aromatic N) is 2.